The average Bonchev–Trinajstić information content (AvgIpc) is 3.18. The van der Waals surface area contributed by atoms with Crippen LogP contribution in [0.15, 0.2) is 42.6 Å². The summed E-state index contributed by atoms with van der Waals surface area (Å²) in [5.74, 6) is -2.60. The van der Waals surface area contributed by atoms with Gasteiger partial charge in [-0.25, -0.2) is 18.2 Å². The lowest BCUT2D eigenvalue weighted by molar-refractivity contribution is -0.192. The summed E-state index contributed by atoms with van der Waals surface area (Å²) in [6.07, 6.45) is 0.934. The van der Waals surface area contributed by atoms with E-state index in [1.54, 1.807) is 18.3 Å². The summed E-state index contributed by atoms with van der Waals surface area (Å²) in [7, 11) is -3.32. The maximum Gasteiger partial charge on any atom is 0.490 e. The Hall–Kier alpha value is -3.45. The molecule has 2 aromatic heterocycles. The molecule has 0 aliphatic heterocycles. The van der Waals surface area contributed by atoms with E-state index in [1.807, 2.05) is 24.3 Å². The Morgan fingerprint density at radius 3 is 2.28 bits per heavy atom. The van der Waals surface area contributed by atoms with E-state index >= 15 is 0 Å². The number of aromatic amines is 1. The Balaban J connectivity index is 0.000000572. The second kappa shape index (κ2) is 12.5. The minimum absolute atomic E-state index is 0.159. The average molecular weight is 530 g/mol. The zero-order valence-electron chi connectivity index (χ0n) is 19.3. The fourth-order valence-electron chi connectivity index (χ4n) is 3.27. The number of rotatable bonds is 10. The van der Waals surface area contributed by atoms with Gasteiger partial charge in [0.25, 0.3) is 0 Å². The topological polar surface area (TPSA) is 149 Å². The lowest BCUT2D eigenvalue weighted by Crippen LogP contribution is -2.21. The van der Waals surface area contributed by atoms with Crippen molar-refractivity contribution < 1.29 is 41.4 Å². The number of alkyl halides is 3. The highest BCUT2D eigenvalue weighted by atomic mass is 32.2. The molecule has 0 unspecified atom stereocenters. The van der Waals surface area contributed by atoms with Gasteiger partial charge in [-0.1, -0.05) is 18.6 Å². The summed E-state index contributed by atoms with van der Waals surface area (Å²) < 4.78 is 56.9. The van der Waals surface area contributed by atoms with Crippen molar-refractivity contribution >= 4 is 38.5 Å². The number of H-pyrrole nitrogens is 1. The number of carbonyl (C=O) groups is 2. The molecule has 0 saturated heterocycles. The van der Waals surface area contributed by atoms with Gasteiger partial charge in [0.1, 0.15) is 11.4 Å². The molecule has 3 aromatic rings. The Morgan fingerprint density at radius 1 is 1.08 bits per heavy atom. The number of hydrogen-bond donors (Lipinski definition) is 4. The number of aromatic nitrogens is 2. The van der Waals surface area contributed by atoms with Crippen molar-refractivity contribution in [2.75, 3.05) is 17.6 Å². The monoisotopic (exact) mass is 529 g/mol. The summed E-state index contributed by atoms with van der Waals surface area (Å²) in [6, 6.07) is 11.0. The number of fused-ring (bicyclic) bond motifs is 1. The predicted octanol–water partition coefficient (Wildman–Crippen LogP) is 3.90. The van der Waals surface area contributed by atoms with Gasteiger partial charge in [0, 0.05) is 42.4 Å². The first-order valence-electron chi connectivity index (χ1n) is 10.8. The molecule has 1 aromatic carbocycles. The quantitative estimate of drug-likeness (QED) is 0.291. The largest absolute Gasteiger partial charge is 0.490 e. The van der Waals surface area contributed by atoms with Gasteiger partial charge in [-0.3, -0.25) is 9.52 Å². The van der Waals surface area contributed by atoms with E-state index in [0.29, 0.717) is 24.2 Å². The van der Waals surface area contributed by atoms with Crippen LogP contribution in [0.5, 0.6) is 0 Å². The summed E-state index contributed by atoms with van der Waals surface area (Å²) in [5.41, 5.74) is 3.92. The Labute approximate surface area is 205 Å². The summed E-state index contributed by atoms with van der Waals surface area (Å²) in [4.78, 5) is 28.7. The van der Waals surface area contributed by atoms with E-state index in [0.717, 1.165) is 47.7 Å². The minimum atomic E-state index is -5.08. The number of nitrogens with one attached hydrogen (secondary N) is 2. The van der Waals surface area contributed by atoms with Gasteiger partial charge >= 0.3 is 12.1 Å². The van der Waals surface area contributed by atoms with Crippen LogP contribution in [0.1, 0.15) is 31.4 Å². The standard InChI is InChI=1S/C21H25N3O4S.C2HF3O2/c1-29(27,28)24-16-8-6-15(7-9-16)19-10-11-22-21-20(19)14-17(23-21)13-18(26)5-3-2-4-12-25;3-2(4,5)1(6)7/h6-11,14,24-25H,2-5,12-13H2,1H3,(H,22,23);(H,6,7). The molecular weight excluding hydrogens is 503 g/mol. The van der Waals surface area contributed by atoms with Crippen molar-refractivity contribution in [1.82, 2.24) is 9.97 Å². The van der Waals surface area contributed by atoms with E-state index in [4.69, 9.17) is 15.0 Å². The molecule has 13 heteroatoms. The zero-order chi connectivity index (χ0) is 26.9. The number of aliphatic hydroxyl groups excluding tert-OH is 1. The molecule has 0 atom stereocenters. The molecule has 0 aliphatic rings. The van der Waals surface area contributed by atoms with Crippen LogP contribution >= 0.6 is 0 Å². The molecule has 0 bridgehead atoms. The van der Waals surface area contributed by atoms with Crippen molar-refractivity contribution in [3.8, 4) is 11.1 Å². The number of halogens is 3. The zero-order valence-corrected chi connectivity index (χ0v) is 20.1. The third kappa shape index (κ3) is 9.30. The Kier molecular flexibility index (Phi) is 9.99. The lowest BCUT2D eigenvalue weighted by atomic mass is 10.0. The van der Waals surface area contributed by atoms with E-state index < -0.39 is 22.2 Å². The molecule has 0 saturated carbocycles. The molecular formula is C23H26F3N3O6S. The molecule has 0 aliphatic carbocycles. The number of ketones is 1. The Bertz CT molecular complexity index is 1290. The summed E-state index contributed by atoms with van der Waals surface area (Å²) >= 11 is 0. The van der Waals surface area contributed by atoms with E-state index in [1.165, 1.54) is 0 Å². The number of Topliss-reactive ketones (excluding diaryl/α,β-unsaturated/α-hetero) is 1. The van der Waals surface area contributed by atoms with Crippen LogP contribution in [0.25, 0.3) is 22.2 Å². The molecule has 0 fully saturated rings. The number of sulfonamides is 1. The number of unbranched alkanes of at least 4 members (excludes halogenated alkanes) is 2. The maximum atomic E-state index is 12.2. The first-order valence-corrected chi connectivity index (χ1v) is 12.7. The van der Waals surface area contributed by atoms with Gasteiger partial charge in [0.05, 0.1) is 6.26 Å². The van der Waals surface area contributed by atoms with Gasteiger partial charge in [-0.2, -0.15) is 13.2 Å². The molecule has 3 rings (SSSR count). The number of nitrogens with zero attached hydrogens (tertiary/aromatic N) is 1. The number of hydrogen-bond acceptors (Lipinski definition) is 6. The SMILES string of the molecule is CS(=O)(=O)Nc1ccc(-c2ccnc3[nH]c(CC(=O)CCCCCO)cc23)cc1.O=C(O)C(F)(F)F. The third-order valence-electron chi connectivity index (χ3n) is 4.83. The number of aliphatic carboxylic acids is 1. The van der Waals surface area contributed by atoms with Crippen molar-refractivity contribution in [2.24, 2.45) is 0 Å². The minimum Gasteiger partial charge on any atom is -0.475 e. The fraction of sp³-hybridized carbons (Fsp3) is 0.348. The van der Waals surface area contributed by atoms with Crippen LogP contribution in [-0.2, 0) is 26.0 Å². The van der Waals surface area contributed by atoms with Crippen molar-refractivity contribution in [3.63, 3.8) is 0 Å². The second-order valence-corrected chi connectivity index (χ2v) is 9.67. The van der Waals surface area contributed by atoms with Crippen LogP contribution in [0.2, 0.25) is 0 Å². The van der Waals surface area contributed by atoms with E-state index in [2.05, 4.69) is 14.7 Å². The van der Waals surface area contributed by atoms with Crippen molar-refractivity contribution in [2.45, 2.75) is 38.3 Å². The van der Waals surface area contributed by atoms with E-state index in [-0.39, 0.29) is 12.4 Å². The molecule has 9 nitrogen and oxygen atoms in total. The van der Waals surface area contributed by atoms with Gasteiger partial charge in [-0.05, 0) is 48.2 Å². The normalized spacial score (nSPS) is 11.6. The number of carboxylic acid groups (broad SMARTS) is 1. The van der Waals surface area contributed by atoms with Crippen LogP contribution in [0.3, 0.4) is 0 Å². The number of aliphatic hydroxyl groups is 1. The lowest BCUT2D eigenvalue weighted by Gasteiger charge is -2.06. The molecule has 196 valence electrons. The first-order chi connectivity index (χ1) is 16.8. The van der Waals surface area contributed by atoms with Gasteiger partial charge < -0.3 is 15.2 Å². The number of carbonyl (C=O) groups excluding carboxylic acids is 1. The number of benzene rings is 1. The van der Waals surface area contributed by atoms with Crippen LogP contribution < -0.4 is 4.72 Å². The molecule has 36 heavy (non-hydrogen) atoms. The smallest absolute Gasteiger partial charge is 0.475 e. The summed E-state index contributed by atoms with van der Waals surface area (Å²) in [5, 5.41) is 16.8. The number of carboxylic acids is 1. The van der Waals surface area contributed by atoms with Crippen LogP contribution in [0, 0.1) is 0 Å². The molecule has 0 radical (unpaired) electrons. The molecule has 0 spiro atoms. The highest BCUT2D eigenvalue weighted by Gasteiger charge is 2.38. The fourth-order valence-corrected chi connectivity index (χ4v) is 3.84. The first kappa shape index (κ1) is 28.8. The molecule has 2 heterocycles. The van der Waals surface area contributed by atoms with Gasteiger partial charge in [0.15, 0.2) is 0 Å². The van der Waals surface area contributed by atoms with Crippen molar-refractivity contribution in [1.29, 1.82) is 0 Å². The van der Waals surface area contributed by atoms with Crippen molar-refractivity contribution in [3.05, 3.63) is 48.3 Å². The highest BCUT2D eigenvalue weighted by Crippen LogP contribution is 2.29. The van der Waals surface area contributed by atoms with Crippen LogP contribution in [-0.4, -0.2) is 59.4 Å². The van der Waals surface area contributed by atoms with E-state index in [9.17, 15) is 26.4 Å². The number of pyridine rings is 1. The van der Waals surface area contributed by atoms with Crippen LogP contribution in [0.4, 0.5) is 18.9 Å². The third-order valence-corrected chi connectivity index (χ3v) is 5.44. The molecule has 4 N–H and O–H groups in total. The van der Waals surface area contributed by atoms with Gasteiger partial charge in [0.2, 0.25) is 10.0 Å². The number of anilines is 1. The summed E-state index contributed by atoms with van der Waals surface area (Å²) in [6.45, 7) is 0.163. The Morgan fingerprint density at radius 2 is 1.72 bits per heavy atom. The predicted molar refractivity (Wildman–Crippen MR) is 128 cm³/mol. The second-order valence-electron chi connectivity index (χ2n) is 7.92. The molecule has 0 amide bonds. The highest BCUT2D eigenvalue weighted by molar-refractivity contribution is 7.92. The maximum absolute atomic E-state index is 12.2. The van der Waals surface area contributed by atoms with Gasteiger partial charge in [-0.15, -0.1) is 0 Å².